The lowest BCUT2D eigenvalue weighted by Gasteiger charge is -2.23. The fourth-order valence-corrected chi connectivity index (χ4v) is 4.54. The molecule has 3 aromatic rings. The first-order chi connectivity index (χ1) is 16.0. The Labute approximate surface area is 198 Å². The summed E-state index contributed by atoms with van der Waals surface area (Å²) in [5.74, 6) is 2.35. The largest absolute Gasteiger partial charge is 0.486 e. The quantitative estimate of drug-likeness (QED) is 0.479. The lowest BCUT2D eigenvalue weighted by molar-refractivity contribution is -0.113. The fourth-order valence-electron chi connectivity index (χ4n) is 3.79. The van der Waals surface area contributed by atoms with E-state index in [0.717, 1.165) is 23.0 Å². The van der Waals surface area contributed by atoms with Gasteiger partial charge in [0.2, 0.25) is 5.91 Å². The predicted octanol–water partition coefficient (Wildman–Crippen LogP) is 3.84. The van der Waals surface area contributed by atoms with Crippen LogP contribution in [0.1, 0.15) is 30.8 Å². The Hall–Kier alpha value is -3.04. The summed E-state index contributed by atoms with van der Waals surface area (Å²) in [7, 11) is 4.09. The summed E-state index contributed by atoms with van der Waals surface area (Å²) in [6, 6.07) is 15.8. The number of anilines is 1. The van der Waals surface area contributed by atoms with Crippen molar-refractivity contribution < 1.29 is 14.3 Å². The van der Waals surface area contributed by atoms with E-state index in [0.29, 0.717) is 36.9 Å². The van der Waals surface area contributed by atoms with Gasteiger partial charge in [0.25, 0.3) is 0 Å². The Morgan fingerprint density at radius 3 is 2.61 bits per heavy atom. The van der Waals surface area contributed by atoms with Gasteiger partial charge in [0, 0.05) is 11.8 Å². The van der Waals surface area contributed by atoms with Gasteiger partial charge in [0.15, 0.2) is 22.5 Å². The van der Waals surface area contributed by atoms with Crippen LogP contribution in [0.3, 0.4) is 0 Å². The third-order valence-electron chi connectivity index (χ3n) is 5.40. The number of aromatic nitrogens is 3. The van der Waals surface area contributed by atoms with Gasteiger partial charge in [-0.15, -0.1) is 10.2 Å². The van der Waals surface area contributed by atoms with Crippen LogP contribution in [0.4, 0.5) is 5.69 Å². The molecule has 2 aromatic carbocycles. The number of nitrogens with one attached hydrogen (secondary N) is 1. The average Bonchev–Trinajstić information content (AvgIpc) is 3.20. The third kappa shape index (κ3) is 5.66. The minimum absolute atomic E-state index is 0.118. The molecule has 0 saturated carbocycles. The highest BCUT2D eigenvalue weighted by Gasteiger charge is 2.23. The smallest absolute Gasteiger partial charge is 0.234 e. The van der Waals surface area contributed by atoms with Gasteiger partial charge < -0.3 is 19.4 Å². The van der Waals surface area contributed by atoms with Crippen LogP contribution in [0, 0.1) is 0 Å². The van der Waals surface area contributed by atoms with Crippen LogP contribution < -0.4 is 14.8 Å². The van der Waals surface area contributed by atoms with Crippen molar-refractivity contribution in [2.45, 2.75) is 31.1 Å². The summed E-state index contributed by atoms with van der Waals surface area (Å²) < 4.78 is 13.2. The van der Waals surface area contributed by atoms with E-state index in [1.807, 2.05) is 44.4 Å². The van der Waals surface area contributed by atoms with E-state index in [9.17, 15) is 4.79 Å². The molecule has 1 aliphatic heterocycles. The normalized spacial score (nSPS) is 13.7. The number of ether oxygens (including phenoxy) is 2. The maximum Gasteiger partial charge on any atom is 0.234 e. The zero-order chi connectivity index (χ0) is 23.2. The molecule has 0 aliphatic carbocycles. The molecule has 0 bridgehead atoms. The van der Waals surface area contributed by atoms with E-state index in [4.69, 9.17) is 9.47 Å². The molecule has 0 fully saturated rings. The van der Waals surface area contributed by atoms with Crippen molar-refractivity contribution in [2.75, 3.05) is 38.4 Å². The van der Waals surface area contributed by atoms with Crippen molar-refractivity contribution in [1.29, 1.82) is 0 Å². The fraction of sp³-hybridized carbons (Fsp3) is 0.375. The number of rotatable bonds is 9. The van der Waals surface area contributed by atoms with Gasteiger partial charge in [-0.2, -0.15) is 0 Å². The van der Waals surface area contributed by atoms with E-state index in [1.54, 1.807) is 6.07 Å². The number of hydrogen-bond acceptors (Lipinski definition) is 7. The van der Waals surface area contributed by atoms with Crippen molar-refractivity contribution in [3.8, 4) is 11.5 Å². The average molecular weight is 468 g/mol. The minimum atomic E-state index is -0.118. The lowest BCUT2D eigenvalue weighted by atomic mass is 10.2. The highest BCUT2D eigenvalue weighted by Crippen LogP contribution is 2.33. The van der Waals surface area contributed by atoms with Gasteiger partial charge >= 0.3 is 0 Å². The van der Waals surface area contributed by atoms with Crippen LogP contribution in [-0.4, -0.2) is 58.6 Å². The zero-order valence-corrected chi connectivity index (χ0v) is 20.0. The monoisotopic (exact) mass is 467 g/mol. The molecule has 0 saturated heterocycles. The number of carbonyl (C=O) groups is 1. The highest BCUT2D eigenvalue weighted by molar-refractivity contribution is 7.99. The van der Waals surface area contributed by atoms with Crippen LogP contribution in [0.5, 0.6) is 11.5 Å². The molecule has 8 nitrogen and oxygen atoms in total. The summed E-state index contributed by atoms with van der Waals surface area (Å²) >= 11 is 1.39. The number of thioether (sulfide) groups is 1. The molecular formula is C24H29N5O3S. The van der Waals surface area contributed by atoms with Gasteiger partial charge in [-0.25, -0.2) is 0 Å². The lowest BCUT2D eigenvalue weighted by Crippen LogP contribution is -2.23. The van der Waals surface area contributed by atoms with Crippen LogP contribution in [0.15, 0.2) is 53.7 Å². The molecule has 1 atom stereocenters. The number of nitrogens with zero attached hydrogens (tertiary/aromatic N) is 4. The van der Waals surface area contributed by atoms with E-state index in [2.05, 4.69) is 44.0 Å². The summed E-state index contributed by atoms with van der Waals surface area (Å²) in [6.07, 6.45) is 0.912. The van der Waals surface area contributed by atoms with E-state index in [-0.39, 0.29) is 17.7 Å². The van der Waals surface area contributed by atoms with Crippen molar-refractivity contribution in [2.24, 2.45) is 0 Å². The topological polar surface area (TPSA) is 81.5 Å². The molecule has 1 unspecified atom stereocenters. The van der Waals surface area contributed by atoms with E-state index >= 15 is 0 Å². The predicted molar refractivity (Wildman–Crippen MR) is 129 cm³/mol. The summed E-state index contributed by atoms with van der Waals surface area (Å²) in [6.45, 7) is 3.83. The van der Waals surface area contributed by atoms with Crippen molar-refractivity contribution in [3.63, 3.8) is 0 Å². The SMILES string of the molecule is CCC(c1nnc(SCC(=O)Nc2ccc3c(c2)OCCO3)n1Cc1ccccc1)N(C)C. The highest BCUT2D eigenvalue weighted by atomic mass is 32.2. The first-order valence-corrected chi connectivity index (χ1v) is 12.0. The summed E-state index contributed by atoms with van der Waals surface area (Å²) in [5, 5.41) is 12.6. The van der Waals surface area contributed by atoms with Gasteiger partial charge in [0.05, 0.1) is 18.3 Å². The third-order valence-corrected chi connectivity index (χ3v) is 6.36. The van der Waals surface area contributed by atoms with Crippen LogP contribution in [0.2, 0.25) is 0 Å². The number of hydrogen-bond donors (Lipinski definition) is 1. The standard InChI is InChI=1S/C24H29N5O3S/c1-4-19(28(2)3)23-26-27-24(29(23)15-17-8-6-5-7-9-17)33-16-22(30)25-18-10-11-20-21(14-18)32-13-12-31-20/h5-11,14,19H,4,12-13,15-16H2,1-3H3,(H,25,30). The zero-order valence-electron chi connectivity index (χ0n) is 19.2. The molecule has 4 rings (SSSR count). The Kier molecular flexibility index (Phi) is 7.51. The maximum atomic E-state index is 12.7. The van der Waals surface area contributed by atoms with Crippen LogP contribution in [0.25, 0.3) is 0 Å². The molecule has 1 aromatic heterocycles. The second-order valence-corrected chi connectivity index (χ2v) is 8.94. The Morgan fingerprint density at radius 2 is 1.88 bits per heavy atom. The second-order valence-electron chi connectivity index (χ2n) is 8.00. The summed E-state index contributed by atoms with van der Waals surface area (Å²) in [5.41, 5.74) is 1.84. The van der Waals surface area contributed by atoms with E-state index in [1.165, 1.54) is 11.8 Å². The van der Waals surface area contributed by atoms with Crippen molar-refractivity contribution >= 4 is 23.4 Å². The first kappa shape index (κ1) is 23.1. The van der Waals surface area contributed by atoms with E-state index < -0.39 is 0 Å². The number of amides is 1. The number of fused-ring (bicyclic) bond motifs is 1. The molecule has 0 spiro atoms. The van der Waals surface area contributed by atoms with Crippen LogP contribution in [-0.2, 0) is 11.3 Å². The molecule has 1 aliphatic rings. The van der Waals surface area contributed by atoms with Gasteiger partial charge in [-0.3, -0.25) is 9.69 Å². The first-order valence-electron chi connectivity index (χ1n) is 11.0. The molecule has 1 N–H and O–H groups in total. The Balaban J connectivity index is 1.47. The maximum absolute atomic E-state index is 12.7. The molecule has 33 heavy (non-hydrogen) atoms. The number of benzene rings is 2. The van der Waals surface area contributed by atoms with Crippen molar-refractivity contribution in [3.05, 3.63) is 59.9 Å². The molecule has 1 amide bonds. The second kappa shape index (κ2) is 10.7. The number of carbonyl (C=O) groups excluding carboxylic acids is 1. The van der Waals surface area contributed by atoms with Gasteiger partial charge in [0.1, 0.15) is 13.2 Å². The molecule has 2 heterocycles. The minimum Gasteiger partial charge on any atom is -0.486 e. The molecule has 9 heteroatoms. The van der Waals surface area contributed by atoms with Crippen LogP contribution >= 0.6 is 11.8 Å². The Morgan fingerprint density at radius 1 is 1.12 bits per heavy atom. The molecule has 0 radical (unpaired) electrons. The molecular weight excluding hydrogens is 438 g/mol. The van der Waals surface area contributed by atoms with Gasteiger partial charge in [-0.1, -0.05) is 49.0 Å². The van der Waals surface area contributed by atoms with Crippen molar-refractivity contribution in [1.82, 2.24) is 19.7 Å². The molecule has 174 valence electrons. The van der Waals surface area contributed by atoms with Gasteiger partial charge in [-0.05, 0) is 38.2 Å². The Bertz CT molecular complexity index is 1090. The summed E-state index contributed by atoms with van der Waals surface area (Å²) in [4.78, 5) is 14.8.